The van der Waals surface area contributed by atoms with Crippen molar-refractivity contribution in [2.45, 2.75) is 19.3 Å². The van der Waals surface area contributed by atoms with E-state index in [1.165, 1.54) is 22.3 Å². The van der Waals surface area contributed by atoms with Gasteiger partial charge in [0.25, 0.3) is 0 Å². The second-order valence-corrected chi connectivity index (χ2v) is 16.0. The fourth-order valence-electron chi connectivity index (χ4n) is 9.18. The molecule has 0 aliphatic heterocycles. The maximum atomic E-state index is 6.18. The number of aromatic nitrogens is 3. The number of hydrogen-bond donors (Lipinski definition) is 0. The summed E-state index contributed by atoms with van der Waals surface area (Å²) in [6, 6.07) is 63.2. The van der Waals surface area contributed by atoms with Crippen LogP contribution < -0.4 is 4.90 Å². The quantitative estimate of drug-likeness (QED) is 0.168. The molecule has 0 N–H and O–H groups in total. The summed E-state index contributed by atoms with van der Waals surface area (Å²) in [6.45, 7) is 4.65. The van der Waals surface area contributed by atoms with Crippen molar-refractivity contribution in [3.8, 4) is 45.3 Å². The Bertz CT molecular complexity index is 3340. The van der Waals surface area contributed by atoms with E-state index in [0.717, 1.165) is 77.6 Å². The lowest BCUT2D eigenvalue weighted by Gasteiger charge is -2.29. The fourth-order valence-corrected chi connectivity index (χ4v) is 9.18. The predicted octanol–water partition coefficient (Wildman–Crippen LogP) is 14.4. The van der Waals surface area contributed by atoms with Gasteiger partial charge in [0.05, 0.1) is 5.69 Å². The van der Waals surface area contributed by atoms with E-state index < -0.39 is 0 Å². The minimum atomic E-state index is -0.118. The van der Waals surface area contributed by atoms with Gasteiger partial charge in [-0.2, -0.15) is 0 Å². The van der Waals surface area contributed by atoms with E-state index in [1.807, 2.05) is 60.7 Å². The van der Waals surface area contributed by atoms with Crippen LogP contribution in [0, 0.1) is 0 Å². The van der Waals surface area contributed by atoms with Gasteiger partial charge in [-0.1, -0.05) is 105 Å². The van der Waals surface area contributed by atoms with Gasteiger partial charge in [-0.3, -0.25) is 0 Å². The molecule has 11 aromatic rings. The number of furan rings is 2. The molecule has 3 heterocycles. The number of rotatable bonds is 6. The summed E-state index contributed by atoms with van der Waals surface area (Å²) >= 11 is 0. The first kappa shape index (κ1) is 34.2. The average Bonchev–Trinajstić information content (AvgIpc) is 3.94. The third-order valence-corrected chi connectivity index (χ3v) is 12.1. The second kappa shape index (κ2) is 13.1. The van der Waals surface area contributed by atoms with E-state index >= 15 is 0 Å². The molecule has 0 saturated carbocycles. The van der Waals surface area contributed by atoms with Crippen LogP contribution in [0.3, 0.4) is 0 Å². The Morgan fingerprint density at radius 1 is 0.400 bits per heavy atom. The van der Waals surface area contributed by atoms with Crippen LogP contribution in [-0.4, -0.2) is 15.0 Å². The van der Waals surface area contributed by atoms with Crippen molar-refractivity contribution in [1.82, 2.24) is 15.0 Å². The summed E-state index contributed by atoms with van der Waals surface area (Å²) in [7, 11) is 0. The van der Waals surface area contributed by atoms with Crippen LogP contribution in [0.5, 0.6) is 0 Å². The highest BCUT2D eigenvalue weighted by molar-refractivity contribution is 6.07. The largest absolute Gasteiger partial charge is 0.456 e. The minimum absolute atomic E-state index is 0.118. The Morgan fingerprint density at radius 3 is 1.52 bits per heavy atom. The SMILES string of the molecule is CC1(C)c2ccccc2-c2c(N(c3ccccc3)c3ccc(-c4nc(-c5ccc6oc7ccccc7c6c5)nc(-c5ccc6oc7ccccc7c6c5)n4)cc3)cccc21. The van der Waals surface area contributed by atoms with E-state index in [-0.39, 0.29) is 5.41 Å². The summed E-state index contributed by atoms with van der Waals surface area (Å²) in [4.78, 5) is 17.8. The molecule has 0 radical (unpaired) electrons. The standard InChI is InChI=1S/C54H36N4O2/c1-54(2)43-18-9-6-17-40(43)50-44(54)19-12-20-45(50)58(36-13-4-3-5-14-36)37-27-23-33(24-28-37)51-55-52(34-25-29-48-41(31-34)38-15-7-10-21-46(38)59-48)57-53(56-51)35-26-30-49-42(32-35)39-16-8-11-22-47(39)60-49/h3-32H,1-2H3. The smallest absolute Gasteiger partial charge is 0.164 e. The van der Waals surface area contributed by atoms with Crippen molar-refractivity contribution < 1.29 is 8.83 Å². The Kier molecular flexibility index (Phi) is 7.47. The summed E-state index contributed by atoms with van der Waals surface area (Å²) in [5.41, 5.74) is 14.3. The first-order valence-electron chi connectivity index (χ1n) is 20.3. The van der Waals surface area contributed by atoms with Gasteiger partial charge >= 0.3 is 0 Å². The molecular formula is C54H36N4O2. The van der Waals surface area contributed by atoms with Gasteiger partial charge in [0.2, 0.25) is 0 Å². The van der Waals surface area contributed by atoms with Crippen LogP contribution in [0.15, 0.2) is 191 Å². The number of anilines is 3. The summed E-state index contributed by atoms with van der Waals surface area (Å²) in [6.07, 6.45) is 0. The van der Waals surface area contributed by atoms with Gasteiger partial charge in [0.1, 0.15) is 22.3 Å². The first-order chi connectivity index (χ1) is 29.5. The predicted molar refractivity (Wildman–Crippen MR) is 243 cm³/mol. The van der Waals surface area contributed by atoms with E-state index in [9.17, 15) is 0 Å². The van der Waals surface area contributed by atoms with Crippen molar-refractivity contribution in [2.24, 2.45) is 0 Å². The molecule has 0 spiro atoms. The third kappa shape index (κ3) is 5.31. The molecule has 0 unspecified atom stereocenters. The van der Waals surface area contributed by atoms with Crippen LogP contribution >= 0.6 is 0 Å². The normalized spacial score (nSPS) is 13.0. The molecule has 1 aliphatic rings. The topological polar surface area (TPSA) is 68.2 Å². The molecule has 8 aromatic carbocycles. The number of fused-ring (bicyclic) bond motifs is 9. The van der Waals surface area contributed by atoms with E-state index in [1.54, 1.807) is 0 Å². The van der Waals surface area contributed by atoms with Gasteiger partial charge < -0.3 is 13.7 Å². The van der Waals surface area contributed by atoms with Crippen LogP contribution in [0.2, 0.25) is 0 Å². The molecular weight excluding hydrogens is 737 g/mol. The molecule has 284 valence electrons. The number of benzene rings is 8. The summed E-state index contributed by atoms with van der Waals surface area (Å²) in [5, 5.41) is 4.13. The molecule has 1 aliphatic carbocycles. The van der Waals surface area contributed by atoms with Gasteiger partial charge in [-0.15, -0.1) is 0 Å². The van der Waals surface area contributed by atoms with Gasteiger partial charge in [0.15, 0.2) is 17.5 Å². The van der Waals surface area contributed by atoms with Crippen molar-refractivity contribution in [2.75, 3.05) is 4.90 Å². The Balaban J connectivity index is 1.01. The molecule has 0 fully saturated rings. The molecule has 0 atom stereocenters. The Morgan fingerprint density at radius 2 is 0.883 bits per heavy atom. The zero-order chi connectivity index (χ0) is 40.0. The highest BCUT2D eigenvalue weighted by Gasteiger charge is 2.37. The highest BCUT2D eigenvalue weighted by atomic mass is 16.3. The Labute approximate surface area is 346 Å². The average molecular weight is 773 g/mol. The molecule has 0 bridgehead atoms. The van der Waals surface area contributed by atoms with Crippen LogP contribution in [-0.2, 0) is 5.41 Å². The van der Waals surface area contributed by atoms with Gasteiger partial charge in [-0.05, 0) is 108 Å². The van der Waals surface area contributed by atoms with Crippen LogP contribution in [0.4, 0.5) is 17.1 Å². The van der Waals surface area contributed by atoms with Gasteiger partial charge in [-0.25, -0.2) is 15.0 Å². The molecule has 12 rings (SSSR count). The third-order valence-electron chi connectivity index (χ3n) is 12.1. The zero-order valence-electron chi connectivity index (χ0n) is 32.9. The van der Waals surface area contributed by atoms with E-state index in [4.69, 9.17) is 23.8 Å². The van der Waals surface area contributed by atoms with Crippen molar-refractivity contribution in [3.63, 3.8) is 0 Å². The van der Waals surface area contributed by atoms with Crippen molar-refractivity contribution in [1.29, 1.82) is 0 Å². The molecule has 3 aromatic heterocycles. The van der Waals surface area contributed by atoms with Crippen LogP contribution in [0.1, 0.15) is 25.0 Å². The van der Waals surface area contributed by atoms with Gasteiger partial charge in [0, 0.05) is 60.6 Å². The minimum Gasteiger partial charge on any atom is -0.456 e. The molecule has 0 amide bonds. The maximum absolute atomic E-state index is 6.18. The fraction of sp³-hybridized carbons (Fsp3) is 0.0556. The molecule has 60 heavy (non-hydrogen) atoms. The lowest BCUT2D eigenvalue weighted by molar-refractivity contribution is 0.660. The lowest BCUT2D eigenvalue weighted by atomic mass is 9.82. The number of hydrogen-bond acceptors (Lipinski definition) is 6. The molecule has 6 heteroatoms. The second-order valence-electron chi connectivity index (χ2n) is 16.0. The van der Waals surface area contributed by atoms with Crippen LogP contribution in [0.25, 0.3) is 89.2 Å². The van der Waals surface area contributed by atoms with Crippen molar-refractivity contribution in [3.05, 3.63) is 193 Å². The lowest BCUT2D eigenvalue weighted by Crippen LogP contribution is -2.16. The molecule has 6 nitrogen and oxygen atoms in total. The van der Waals surface area contributed by atoms with E-state index in [0.29, 0.717) is 17.5 Å². The first-order valence-corrected chi connectivity index (χ1v) is 20.3. The maximum Gasteiger partial charge on any atom is 0.164 e. The van der Waals surface area contributed by atoms with Crippen molar-refractivity contribution >= 4 is 60.9 Å². The summed E-state index contributed by atoms with van der Waals surface area (Å²) in [5.74, 6) is 1.74. The monoisotopic (exact) mass is 772 g/mol. The number of nitrogens with zero attached hydrogens (tertiary/aromatic N) is 4. The Hall–Kier alpha value is -7.83. The highest BCUT2D eigenvalue weighted by Crippen LogP contribution is 2.54. The summed E-state index contributed by atoms with van der Waals surface area (Å²) < 4.78 is 12.4. The van der Waals surface area contributed by atoms with E-state index in [2.05, 4.69) is 140 Å². The number of para-hydroxylation sites is 3. The molecule has 0 saturated heterocycles. The zero-order valence-corrected chi connectivity index (χ0v) is 32.9.